The highest BCUT2D eigenvalue weighted by atomic mass is 32.1. The first kappa shape index (κ1) is 15.2. The van der Waals surface area contributed by atoms with E-state index in [0.29, 0.717) is 6.42 Å². The molecule has 1 N–H and O–H groups in total. The first-order valence-corrected chi connectivity index (χ1v) is 8.60. The Morgan fingerprint density at radius 1 is 1.32 bits per heavy atom. The minimum Gasteiger partial charge on any atom is -0.326 e. The Balaban J connectivity index is 1.55. The van der Waals surface area contributed by atoms with E-state index in [1.54, 1.807) is 11.3 Å². The maximum absolute atomic E-state index is 12.1. The van der Waals surface area contributed by atoms with Crippen molar-refractivity contribution < 1.29 is 4.79 Å². The zero-order chi connectivity index (χ0) is 15.4. The fraction of sp³-hybridized carbons (Fsp3) is 0.412. The molecule has 1 amide bonds. The summed E-state index contributed by atoms with van der Waals surface area (Å²) in [7, 11) is 0. The number of rotatable bonds is 5. The van der Waals surface area contributed by atoms with E-state index in [0.717, 1.165) is 28.5 Å². The van der Waals surface area contributed by atoms with Gasteiger partial charge in [-0.1, -0.05) is 18.2 Å². The lowest BCUT2D eigenvalue weighted by atomic mass is 10.2. The monoisotopic (exact) mass is 315 g/mol. The minimum absolute atomic E-state index is 0.00711. The van der Waals surface area contributed by atoms with Crippen molar-refractivity contribution in [3.63, 3.8) is 0 Å². The van der Waals surface area contributed by atoms with Crippen LogP contribution >= 0.6 is 11.3 Å². The van der Waals surface area contributed by atoms with E-state index < -0.39 is 0 Å². The van der Waals surface area contributed by atoms with Crippen LogP contribution in [0.4, 0.5) is 5.69 Å². The van der Waals surface area contributed by atoms with Crippen molar-refractivity contribution in [1.29, 1.82) is 0 Å². The highest BCUT2D eigenvalue weighted by molar-refractivity contribution is 7.09. The van der Waals surface area contributed by atoms with Gasteiger partial charge in [0.1, 0.15) is 5.01 Å². The van der Waals surface area contributed by atoms with Gasteiger partial charge >= 0.3 is 0 Å². The Kier molecular flexibility index (Phi) is 4.85. The first-order chi connectivity index (χ1) is 10.7. The van der Waals surface area contributed by atoms with E-state index in [1.165, 1.54) is 25.9 Å². The predicted molar refractivity (Wildman–Crippen MR) is 90.1 cm³/mol. The molecule has 2 aromatic rings. The molecule has 116 valence electrons. The number of aryl methyl sites for hydroxylation is 1. The second kappa shape index (κ2) is 7.03. The normalized spacial score (nSPS) is 15.1. The summed E-state index contributed by atoms with van der Waals surface area (Å²) >= 11 is 1.66. The number of thiazole rings is 1. The van der Waals surface area contributed by atoms with Crippen molar-refractivity contribution in [2.24, 2.45) is 0 Å². The number of benzene rings is 1. The Morgan fingerprint density at radius 2 is 2.09 bits per heavy atom. The molecule has 1 aromatic carbocycles. The molecule has 0 atom stereocenters. The van der Waals surface area contributed by atoms with Gasteiger partial charge in [0, 0.05) is 11.1 Å². The molecular formula is C17H21N3OS. The lowest BCUT2D eigenvalue weighted by Crippen LogP contribution is -2.18. The summed E-state index contributed by atoms with van der Waals surface area (Å²) in [5.74, 6) is -0.00711. The summed E-state index contributed by atoms with van der Waals surface area (Å²) < 4.78 is 0. The molecule has 1 saturated heterocycles. The Hall–Kier alpha value is -1.72. The van der Waals surface area contributed by atoms with Crippen molar-refractivity contribution in [2.75, 3.05) is 18.4 Å². The molecule has 4 nitrogen and oxygen atoms in total. The lowest BCUT2D eigenvalue weighted by Gasteiger charge is -2.11. The van der Waals surface area contributed by atoms with Crippen LogP contribution in [0.15, 0.2) is 29.6 Å². The van der Waals surface area contributed by atoms with E-state index in [2.05, 4.69) is 15.2 Å². The van der Waals surface area contributed by atoms with Crippen LogP contribution in [0.2, 0.25) is 0 Å². The maximum atomic E-state index is 12.1. The van der Waals surface area contributed by atoms with Crippen molar-refractivity contribution in [3.05, 3.63) is 45.9 Å². The molecule has 22 heavy (non-hydrogen) atoms. The van der Waals surface area contributed by atoms with Crippen LogP contribution in [-0.2, 0) is 17.8 Å². The highest BCUT2D eigenvalue weighted by Crippen LogP contribution is 2.17. The molecule has 1 aliphatic rings. The van der Waals surface area contributed by atoms with Crippen LogP contribution < -0.4 is 5.32 Å². The van der Waals surface area contributed by atoms with Gasteiger partial charge in [0.05, 0.1) is 18.7 Å². The molecule has 0 radical (unpaired) electrons. The Labute approximate surface area is 135 Å². The van der Waals surface area contributed by atoms with Gasteiger partial charge in [0.15, 0.2) is 0 Å². The molecule has 0 unspecified atom stereocenters. The number of para-hydroxylation sites is 1. The predicted octanol–water partition coefficient (Wildman–Crippen LogP) is 3.23. The SMILES string of the molecule is Cc1ccccc1NC(=O)Cc1csc(CN2CCCC2)n1. The zero-order valence-electron chi connectivity index (χ0n) is 12.8. The van der Waals surface area contributed by atoms with Gasteiger partial charge in [-0.05, 0) is 44.5 Å². The van der Waals surface area contributed by atoms with Crippen LogP contribution in [0.5, 0.6) is 0 Å². The lowest BCUT2D eigenvalue weighted by molar-refractivity contribution is -0.115. The maximum Gasteiger partial charge on any atom is 0.230 e. The summed E-state index contributed by atoms with van der Waals surface area (Å²) in [5.41, 5.74) is 2.81. The van der Waals surface area contributed by atoms with Crippen LogP contribution in [0.1, 0.15) is 29.1 Å². The van der Waals surface area contributed by atoms with Gasteiger partial charge in [-0.15, -0.1) is 11.3 Å². The van der Waals surface area contributed by atoms with Crippen LogP contribution in [-0.4, -0.2) is 28.9 Å². The third-order valence-corrected chi connectivity index (χ3v) is 4.80. The molecule has 0 spiro atoms. The summed E-state index contributed by atoms with van der Waals surface area (Å²) in [6.45, 7) is 5.25. The fourth-order valence-electron chi connectivity index (χ4n) is 2.71. The molecule has 3 rings (SSSR count). The molecule has 0 saturated carbocycles. The molecule has 1 fully saturated rings. The van der Waals surface area contributed by atoms with E-state index in [1.807, 2.05) is 36.6 Å². The molecule has 0 bridgehead atoms. The number of likely N-dealkylation sites (tertiary alicyclic amines) is 1. The van der Waals surface area contributed by atoms with Gasteiger partial charge in [-0.3, -0.25) is 9.69 Å². The topological polar surface area (TPSA) is 45.2 Å². The second-order valence-corrected chi connectivity index (χ2v) is 6.70. The van der Waals surface area contributed by atoms with Crippen molar-refractivity contribution in [3.8, 4) is 0 Å². The van der Waals surface area contributed by atoms with Gasteiger partial charge in [-0.2, -0.15) is 0 Å². The molecule has 1 aromatic heterocycles. The fourth-order valence-corrected chi connectivity index (χ4v) is 3.54. The third kappa shape index (κ3) is 3.93. The number of hydrogen-bond acceptors (Lipinski definition) is 4. The van der Waals surface area contributed by atoms with E-state index in [9.17, 15) is 4.79 Å². The minimum atomic E-state index is -0.00711. The summed E-state index contributed by atoms with van der Waals surface area (Å²) in [6, 6.07) is 7.81. The second-order valence-electron chi connectivity index (χ2n) is 5.76. The Morgan fingerprint density at radius 3 is 2.86 bits per heavy atom. The molecule has 5 heteroatoms. The number of carbonyl (C=O) groups excluding carboxylic acids is 1. The van der Waals surface area contributed by atoms with E-state index in [4.69, 9.17) is 0 Å². The van der Waals surface area contributed by atoms with Gasteiger partial charge in [0.25, 0.3) is 0 Å². The largest absolute Gasteiger partial charge is 0.326 e. The van der Waals surface area contributed by atoms with Crippen molar-refractivity contribution in [2.45, 2.75) is 32.7 Å². The van der Waals surface area contributed by atoms with Crippen LogP contribution in [0.3, 0.4) is 0 Å². The van der Waals surface area contributed by atoms with Crippen LogP contribution in [0, 0.1) is 6.92 Å². The summed E-state index contributed by atoms with van der Waals surface area (Å²) in [5, 5.41) is 6.07. The standard InChI is InChI=1S/C17H21N3OS/c1-13-6-2-3-7-15(13)19-16(21)10-14-12-22-17(18-14)11-20-8-4-5-9-20/h2-3,6-7,12H,4-5,8-11H2,1H3,(H,19,21). The molecule has 0 aliphatic carbocycles. The van der Waals surface area contributed by atoms with Crippen molar-refractivity contribution in [1.82, 2.24) is 9.88 Å². The first-order valence-electron chi connectivity index (χ1n) is 7.72. The average Bonchev–Trinajstić information content (AvgIpc) is 3.14. The zero-order valence-corrected chi connectivity index (χ0v) is 13.7. The highest BCUT2D eigenvalue weighted by Gasteiger charge is 2.14. The number of anilines is 1. The number of nitrogens with one attached hydrogen (secondary N) is 1. The van der Waals surface area contributed by atoms with E-state index >= 15 is 0 Å². The summed E-state index contributed by atoms with van der Waals surface area (Å²) in [6.07, 6.45) is 2.92. The number of nitrogens with zero attached hydrogens (tertiary/aromatic N) is 2. The number of aromatic nitrogens is 1. The molecule has 1 aliphatic heterocycles. The number of carbonyl (C=O) groups is 1. The molecule has 2 heterocycles. The van der Waals surface area contributed by atoms with Gasteiger partial charge in [-0.25, -0.2) is 4.98 Å². The number of hydrogen-bond donors (Lipinski definition) is 1. The Bertz CT molecular complexity index is 647. The molecular weight excluding hydrogens is 294 g/mol. The average molecular weight is 315 g/mol. The number of amides is 1. The smallest absolute Gasteiger partial charge is 0.230 e. The van der Waals surface area contributed by atoms with Gasteiger partial charge < -0.3 is 5.32 Å². The van der Waals surface area contributed by atoms with E-state index in [-0.39, 0.29) is 5.91 Å². The van der Waals surface area contributed by atoms with Crippen LogP contribution in [0.25, 0.3) is 0 Å². The van der Waals surface area contributed by atoms with Gasteiger partial charge in [0.2, 0.25) is 5.91 Å². The quantitative estimate of drug-likeness (QED) is 0.921. The summed E-state index contributed by atoms with van der Waals surface area (Å²) in [4.78, 5) is 19.2. The van der Waals surface area contributed by atoms with Crippen molar-refractivity contribution >= 4 is 22.9 Å². The third-order valence-electron chi connectivity index (χ3n) is 3.92.